The summed E-state index contributed by atoms with van der Waals surface area (Å²) in [4.78, 5) is 23.5. The third-order valence-corrected chi connectivity index (χ3v) is 2.95. The second kappa shape index (κ2) is 7.21. The molecule has 22 heavy (non-hydrogen) atoms. The highest BCUT2D eigenvalue weighted by Crippen LogP contribution is 2.15. The fraction of sp³-hybridized carbons (Fsp3) is 0.125. The van der Waals surface area contributed by atoms with E-state index in [1.54, 1.807) is 36.4 Å². The van der Waals surface area contributed by atoms with Gasteiger partial charge in [-0.3, -0.25) is 0 Å². The minimum atomic E-state index is -0.533. The van der Waals surface area contributed by atoms with E-state index in [1.807, 2.05) is 0 Å². The molecule has 0 aliphatic heterocycles. The molecule has 0 fully saturated rings. The molecule has 0 heterocycles. The zero-order valence-electron chi connectivity index (χ0n) is 11.9. The fourth-order valence-corrected chi connectivity index (χ4v) is 1.83. The van der Waals surface area contributed by atoms with Gasteiger partial charge in [0.05, 0.1) is 18.4 Å². The van der Waals surface area contributed by atoms with Crippen molar-refractivity contribution in [2.75, 3.05) is 12.4 Å². The van der Waals surface area contributed by atoms with Gasteiger partial charge in [-0.2, -0.15) is 0 Å². The van der Waals surface area contributed by atoms with Gasteiger partial charge in [-0.15, -0.1) is 0 Å². The Balaban J connectivity index is 1.97. The number of amides is 2. The minimum absolute atomic E-state index is 0.243. The summed E-state index contributed by atoms with van der Waals surface area (Å²) >= 11 is 0. The summed E-state index contributed by atoms with van der Waals surface area (Å²) in [6.07, 6.45) is 0. The van der Waals surface area contributed by atoms with E-state index >= 15 is 0 Å². The first-order chi connectivity index (χ1) is 10.6. The summed E-state index contributed by atoms with van der Waals surface area (Å²) in [6, 6.07) is 11.9. The van der Waals surface area contributed by atoms with E-state index in [9.17, 15) is 14.0 Å². The van der Waals surface area contributed by atoms with E-state index in [0.29, 0.717) is 5.69 Å². The number of urea groups is 1. The average Bonchev–Trinajstić information content (AvgIpc) is 2.54. The first kappa shape index (κ1) is 15.5. The molecular formula is C16H15FN2O3. The molecule has 2 rings (SSSR count). The number of carbonyl (C=O) groups is 2. The second-order valence-electron chi connectivity index (χ2n) is 4.47. The lowest BCUT2D eigenvalue weighted by molar-refractivity contribution is 0.0602. The number of nitrogens with one attached hydrogen (secondary N) is 2. The quantitative estimate of drug-likeness (QED) is 0.853. The minimum Gasteiger partial charge on any atom is -0.465 e. The van der Waals surface area contributed by atoms with E-state index in [2.05, 4.69) is 15.4 Å². The molecule has 0 saturated heterocycles. The summed E-state index contributed by atoms with van der Waals surface area (Å²) in [6.45, 7) is 0.243. The summed E-state index contributed by atoms with van der Waals surface area (Å²) in [7, 11) is 1.27. The Hall–Kier alpha value is -2.89. The smallest absolute Gasteiger partial charge is 0.339 e. The molecule has 0 saturated carbocycles. The van der Waals surface area contributed by atoms with Gasteiger partial charge in [-0.25, -0.2) is 14.0 Å². The summed E-state index contributed by atoms with van der Waals surface area (Å²) in [5, 5.41) is 5.21. The maximum Gasteiger partial charge on any atom is 0.339 e. The lowest BCUT2D eigenvalue weighted by atomic mass is 10.2. The number of benzene rings is 2. The molecular weight excluding hydrogens is 287 g/mol. The molecule has 0 radical (unpaired) electrons. The molecule has 6 heteroatoms. The molecule has 5 nitrogen and oxygen atoms in total. The number of ether oxygens (including phenoxy) is 1. The molecule has 2 amide bonds. The highest BCUT2D eigenvalue weighted by molar-refractivity contribution is 6.00. The molecule has 0 unspecified atom stereocenters. The Morgan fingerprint density at radius 3 is 2.45 bits per heavy atom. The van der Waals surface area contributed by atoms with Crippen LogP contribution in [0.1, 0.15) is 15.9 Å². The van der Waals surface area contributed by atoms with E-state index in [1.165, 1.54) is 19.2 Å². The third-order valence-electron chi connectivity index (χ3n) is 2.95. The van der Waals surface area contributed by atoms with Crippen molar-refractivity contribution in [3.8, 4) is 0 Å². The molecule has 0 aliphatic carbocycles. The van der Waals surface area contributed by atoms with Gasteiger partial charge in [0, 0.05) is 6.54 Å². The van der Waals surface area contributed by atoms with Crippen LogP contribution in [0.4, 0.5) is 14.9 Å². The number of methoxy groups -OCH3 is 1. The maximum absolute atomic E-state index is 12.8. The van der Waals surface area contributed by atoms with Crippen molar-refractivity contribution in [1.29, 1.82) is 0 Å². The number of carbonyl (C=O) groups excluding carboxylic acids is 2. The summed E-state index contributed by atoms with van der Waals surface area (Å²) < 4.78 is 17.4. The zero-order chi connectivity index (χ0) is 15.9. The van der Waals surface area contributed by atoms with Crippen LogP contribution in [0.2, 0.25) is 0 Å². The number of para-hydroxylation sites is 1. The van der Waals surface area contributed by atoms with Crippen LogP contribution < -0.4 is 10.6 Å². The van der Waals surface area contributed by atoms with Crippen LogP contribution in [0.15, 0.2) is 48.5 Å². The van der Waals surface area contributed by atoms with Gasteiger partial charge >= 0.3 is 12.0 Å². The van der Waals surface area contributed by atoms with Gasteiger partial charge in [0.2, 0.25) is 0 Å². The van der Waals surface area contributed by atoms with Crippen LogP contribution in [0.5, 0.6) is 0 Å². The predicted molar refractivity (Wildman–Crippen MR) is 80.0 cm³/mol. The van der Waals surface area contributed by atoms with Crippen molar-refractivity contribution in [2.24, 2.45) is 0 Å². The van der Waals surface area contributed by atoms with Crippen LogP contribution in [0.25, 0.3) is 0 Å². The van der Waals surface area contributed by atoms with Gasteiger partial charge in [0.1, 0.15) is 5.82 Å². The standard InChI is InChI=1S/C16H15FN2O3/c1-22-15(20)13-4-2-3-5-14(13)19-16(21)18-10-11-6-8-12(17)9-7-11/h2-9H,10H2,1H3,(H2,18,19,21). The van der Waals surface area contributed by atoms with Crippen molar-refractivity contribution in [3.05, 3.63) is 65.5 Å². The normalized spacial score (nSPS) is 9.91. The Morgan fingerprint density at radius 1 is 1.09 bits per heavy atom. The molecule has 0 spiro atoms. The Bertz CT molecular complexity index is 671. The topological polar surface area (TPSA) is 67.4 Å². The number of halogens is 1. The van der Waals surface area contributed by atoms with Crippen LogP contribution in [-0.4, -0.2) is 19.1 Å². The van der Waals surface area contributed by atoms with E-state index in [0.717, 1.165) is 5.56 Å². The Labute approximate surface area is 127 Å². The number of hydrogen-bond donors (Lipinski definition) is 2. The van der Waals surface area contributed by atoms with E-state index in [4.69, 9.17) is 0 Å². The zero-order valence-corrected chi connectivity index (χ0v) is 11.9. The molecule has 114 valence electrons. The molecule has 0 atom stereocenters. The average molecular weight is 302 g/mol. The Morgan fingerprint density at radius 2 is 1.77 bits per heavy atom. The Kier molecular flexibility index (Phi) is 5.08. The van der Waals surface area contributed by atoms with Gasteiger partial charge in [0.15, 0.2) is 0 Å². The van der Waals surface area contributed by atoms with Crippen molar-refractivity contribution >= 4 is 17.7 Å². The number of anilines is 1. The van der Waals surface area contributed by atoms with Crippen molar-refractivity contribution in [3.63, 3.8) is 0 Å². The number of rotatable bonds is 4. The first-order valence-electron chi connectivity index (χ1n) is 6.57. The lowest BCUT2D eigenvalue weighted by Gasteiger charge is -2.10. The van der Waals surface area contributed by atoms with Gasteiger partial charge in [-0.1, -0.05) is 24.3 Å². The van der Waals surface area contributed by atoms with Gasteiger partial charge < -0.3 is 15.4 Å². The summed E-state index contributed by atoms with van der Waals surface area (Å²) in [5.74, 6) is -0.866. The molecule has 2 N–H and O–H groups in total. The molecule has 0 aromatic heterocycles. The number of hydrogen-bond acceptors (Lipinski definition) is 3. The van der Waals surface area contributed by atoms with Crippen LogP contribution in [0, 0.1) is 5.82 Å². The largest absolute Gasteiger partial charge is 0.465 e. The van der Waals surface area contributed by atoms with E-state index in [-0.39, 0.29) is 17.9 Å². The fourth-order valence-electron chi connectivity index (χ4n) is 1.83. The number of esters is 1. The lowest BCUT2D eigenvalue weighted by Crippen LogP contribution is -2.29. The van der Waals surface area contributed by atoms with Crippen molar-refractivity contribution < 1.29 is 18.7 Å². The second-order valence-corrected chi connectivity index (χ2v) is 4.47. The van der Waals surface area contributed by atoms with Gasteiger partial charge in [0.25, 0.3) is 0 Å². The highest BCUT2D eigenvalue weighted by Gasteiger charge is 2.12. The summed E-state index contributed by atoms with van der Waals surface area (Å²) in [5.41, 5.74) is 1.38. The highest BCUT2D eigenvalue weighted by atomic mass is 19.1. The molecule has 2 aromatic rings. The van der Waals surface area contributed by atoms with Crippen molar-refractivity contribution in [1.82, 2.24) is 5.32 Å². The van der Waals surface area contributed by atoms with Crippen LogP contribution in [-0.2, 0) is 11.3 Å². The monoisotopic (exact) mass is 302 g/mol. The third kappa shape index (κ3) is 4.05. The molecule has 2 aromatic carbocycles. The van der Waals surface area contributed by atoms with Gasteiger partial charge in [-0.05, 0) is 29.8 Å². The SMILES string of the molecule is COC(=O)c1ccccc1NC(=O)NCc1ccc(F)cc1. The maximum atomic E-state index is 12.8. The molecule has 0 aliphatic rings. The predicted octanol–water partition coefficient (Wildman–Crippen LogP) is 2.93. The van der Waals surface area contributed by atoms with E-state index < -0.39 is 12.0 Å². The first-order valence-corrected chi connectivity index (χ1v) is 6.57. The molecule has 0 bridgehead atoms. The van der Waals surface area contributed by atoms with Crippen LogP contribution >= 0.6 is 0 Å². The van der Waals surface area contributed by atoms with Crippen LogP contribution in [0.3, 0.4) is 0 Å². The van der Waals surface area contributed by atoms with Crippen molar-refractivity contribution in [2.45, 2.75) is 6.54 Å².